The topological polar surface area (TPSA) is 71.5 Å². The van der Waals surface area contributed by atoms with Crippen LogP contribution in [0, 0.1) is 13.8 Å². The zero-order chi connectivity index (χ0) is 15.6. The van der Waals surface area contributed by atoms with Crippen LogP contribution in [-0.2, 0) is 6.54 Å². The van der Waals surface area contributed by atoms with E-state index in [2.05, 4.69) is 5.10 Å². The summed E-state index contributed by atoms with van der Waals surface area (Å²) < 4.78 is 17.9. The van der Waals surface area contributed by atoms with Crippen LogP contribution in [0.5, 0.6) is 17.2 Å². The molecule has 6 heteroatoms. The number of nitrogens with zero attached hydrogens (tertiary/aromatic N) is 2. The highest BCUT2D eigenvalue weighted by atomic mass is 16.5. The van der Waals surface area contributed by atoms with Crippen molar-refractivity contribution in [2.75, 3.05) is 21.3 Å². The first-order chi connectivity index (χ1) is 10.1. The third kappa shape index (κ3) is 2.54. The SMILES string of the molecule is COc1cc(-n2nc(C)c(CN)c2C)cc(OC)c1OC. The van der Waals surface area contributed by atoms with Gasteiger partial charge in [0.2, 0.25) is 5.75 Å². The van der Waals surface area contributed by atoms with Crippen LogP contribution in [0.25, 0.3) is 5.69 Å². The number of hydrogen-bond donors (Lipinski definition) is 1. The quantitative estimate of drug-likeness (QED) is 0.912. The number of ether oxygens (including phenoxy) is 3. The van der Waals surface area contributed by atoms with Crippen LogP contribution in [0.1, 0.15) is 17.0 Å². The molecule has 0 aliphatic carbocycles. The molecule has 1 aromatic heterocycles. The summed E-state index contributed by atoms with van der Waals surface area (Å²) in [7, 11) is 4.76. The molecule has 0 aliphatic heterocycles. The predicted octanol–water partition coefficient (Wildman–Crippen LogP) is 1.97. The summed E-state index contributed by atoms with van der Waals surface area (Å²) in [6.07, 6.45) is 0. The van der Waals surface area contributed by atoms with Gasteiger partial charge >= 0.3 is 0 Å². The number of methoxy groups -OCH3 is 3. The van der Waals surface area contributed by atoms with Crippen molar-refractivity contribution in [2.24, 2.45) is 5.73 Å². The first kappa shape index (κ1) is 15.2. The Labute approximate surface area is 124 Å². The Morgan fingerprint density at radius 3 is 2.00 bits per heavy atom. The second kappa shape index (κ2) is 6.05. The van der Waals surface area contributed by atoms with E-state index in [0.29, 0.717) is 23.8 Å². The lowest BCUT2D eigenvalue weighted by molar-refractivity contribution is 0.324. The highest BCUT2D eigenvalue weighted by Crippen LogP contribution is 2.39. The Kier molecular flexibility index (Phi) is 4.37. The summed E-state index contributed by atoms with van der Waals surface area (Å²) in [5.74, 6) is 1.74. The minimum Gasteiger partial charge on any atom is -0.493 e. The van der Waals surface area contributed by atoms with E-state index >= 15 is 0 Å². The maximum absolute atomic E-state index is 5.78. The van der Waals surface area contributed by atoms with Gasteiger partial charge in [0.05, 0.1) is 32.7 Å². The highest BCUT2D eigenvalue weighted by Gasteiger charge is 2.17. The fourth-order valence-electron chi connectivity index (χ4n) is 2.41. The highest BCUT2D eigenvalue weighted by molar-refractivity contribution is 5.58. The van der Waals surface area contributed by atoms with E-state index in [1.165, 1.54) is 0 Å². The van der Waals surface area contributed by atoms with Crippen LogP contribution < -0.4 is 19.9 Å². The number of nitrogens with two attached hydrogens (primary N) is 1. The molecule has 0 fully saturated rings. The summed E-state index contributed by atoms with van der Waals surface area (Å²) in [5.41, 5.74) is 9.58. The van der Waals surface area contributed by atoms with E-state index in [1.54, 1.807) is 21.3 Å². The summed E-state index contributed by atoms with van der Waals surface area (Å²) in [6, 6.07) is 3.72. The molecular formula is C15H21N3O3. The van der Waals surface area contributed by atoms with Gasteiger partial charge in [-0.05, 0) is 13.8 Å². The Bertz CT molecular complexity index is 625. The molecule has 0 saturated carbocycles. The summed E-state index contributed by atoms with van der Waals surface area (Å²) in [5, 5.41) is 4.54. The molecule has 2 aromatic rings. The van der Waals surface area contributed by atoms with Crippen LogP contribution in [0.4, 0.5) is 0 Å². The van der Waals surface area contributed by atoms with Crippen molar-refractivity contribution in [3.8, 4) is 22.9 Å². The number of rotatable bonds is 5. The molecule has 0 saturated heterocycles. The summed E-state index contributed by atoms with van der Waals surface area (Å²) in [6.45, 7) is 4.40. The van der Waals surface area contributed by atoms with Gasteiger partial charge in [0.1, 0.15) is 0 Å². The average molecular weight is 291 g/mol. The lowest BCUT2D eigenvalue weighted by Gasteiger charge is -2.14. The third-order valence-electron chi connectivity index (χ3n) is 3.54. The van der Waals surface area contributed by atoms with Crippen molar-refractivity contribution < 1.29 is 14.2 Å². The van der Waals surface area contributed by atoms with Gasteiger partial charge < -0.3 is 19.9 Å². The van der Waals surface area contributed by atoms with E-state index in [-0.39, 0.29) is 0 Å². The standard InChI is InChI=1S/C15H21N3O3/c1-9-12(8-16)10(2)18(17-9)11-6-13(19-3)15(21-5)14(7-11)20-4/h6-7H,8,16H2,1-5H3. The van der Waals surface area contributed by atoms with Gasteiger partial charge in [0, 0.05) is 29.9 Å². The lowest BCUT2D eigenvalue weighted by Crippen LogP contribution is -2.04. The third-order valence-corrected chi connectivity index (χ3v) is 3.54. The van der Waals surface area contributed by atoms with E-state index in [0.717, 1.165) is 22.6 Å². The molecular weight excluding hydrogens is 270 g/mol. The zero-order valence-electron chi connectivity index (χ0n) is 13.1. The van der Waals surface area contributed by atoms with Crippen molar-refractivity contribution in [3.63, 3.8) is 0 Å². The molecule has 0 aliphatic rings. The van der Waals surface area contributed by atoms with Gasteiger partial charge in [0.25, 0.3) is 0 Å². The molecule has 2 N–H and O–H groups in total. The lowest BCUT2D eigenvalue weighted by atomic mass is 10.2. The van der Waals surface area contributed by atoms with E-state index < -0.39 is 0 Å². The smallest absolute Gasteiger partial charge is 0.203 e. The molecule has 0 bridgehead atoms. The van der Waals surface area contributed by atoms with E-state index in [1.807, 2.05) is 30.7 Å². The van der Waals surface area contributed by atoms with Crippen LogP contribution in [0.15, 0.2) is 12.1 Å². The van der Waals surface area contributed by atoms with Gasteiger partial charge in [-0.1, -0.05) is 0 Å². The first-order valence-electron chi connectivity index (χ1n) is 6.62. The second-order valence-corrected chi connectivity index (χ2v) is 4.65. The fraction of sp³-hybridized carbons (Fsp3) is 0.400. The van der Waals surface area contributed by atoms with Crippen molar-refractivity contribution in [1.29, 1.82) is 0 Å². The van der Waals surface area contributed by atoms with Crippen molar-refractivity contribution >= 4 is 0 Å². The van der Waals surface area contributed by atoms with E-state index in [9.17, 15) is 0 Å². The maximum Gasteiger partial charge on any atom is 0.203 e. The predicted molar refractivity (Wildman–Crippen MR) is 80.6 cm³/mol. The van der Waals surface area contributed by atoms with E-state index in [4.69, 9.17) is 19.9 Å². The average Bonchev–Trinajstić information content (AvgIpc) is 2.79. The van der Waals surface area contributed by atoms with Gasteiger partial charge in [-0.25, -0.2) is 4.68 Å². The second-order valence-electron chi connectivity index (χ2n) is 4.65. The molecule has 21 heavy (non-hydrogen) atoms. The molecule has 0 spiro atoms. The number of hydrogen-bond acceptors (Lipinski definition) is 5. The fourth-order valence-corrected chi connectivity index (χ4v) is 2.41. The molecule has 0 amide bonds. The Morgan fingerprint density at radius 2 is 1.62 bits per heavy atom. The molecule has 0 unspecified atom stereocenters. The van der Waals surface area contributed by atoms with Crippen LogP contribution >= 0.6 is 0 Å². The minimum absolute atomic E-state index is 0.460. The molecule has 0 radical (unpaired) electrons. The van der Waals surface area contributed by atoms with Crippen molar-refractivity contribution in [2.45, 2.75) is 20.4 Å². The largest absolute Gasteiger partial charge is 0.493 e. The Morgan fingerprint density at radius 1 is 1.05 bits per heavy atom. The molecule has 1 aromatic carbocycles. The monoisotopic (exact) mass is 291 g/mol. The van der Waals surface area contributed by atoms with Gasteiger partial charge in [0.15, 0.2) is 11.5 Å². The summed E-state index contributed by atoms with van der Waals surface area (Å²) >= 11 is 0. The maximum atomic E-state index is 5.78. The zero-order valence-corrected chi connectivity index (χ0v) is 13.1. The van der Waals surface area contributed by atoms with Crippen molar-refractivity contribution in [1.82, 2.24) is 9.78 Å². The van der Waals surface area contributed by atoms with Gasteiger partial charge in [-0.3, -0.25) is 0 Å². The number of aryl methyl sites for hydroxylation is 1. The summed E-state index contributed by atoms with van der Waals surface area (Å²) in [4.78, 5) is 0. The van der Waals surface area contributed by atoms with Crippen LogP contribution in [0.3, 0.4) is 0 Å². The molecule has 6 nitrogen and oxygen atoms in total. The minimum atomic E-state index is 0.460. The van der Waals surface area contributed by atoms with Crippen LogP contribution in [0.2, 0.25) is 0 Å². The van der Waals surface area contributed by atoms with Gasteiger partial charge in [-0.2, -0.15) is 5.10 Å². The molecule has 1 heterocycles. The van der Waals surface area contributed by atoms with Crippen molar-refractivity contribution in [3.05, 3.63) is 29.1 Å². The molecule has 2 rings (SSSR count). The number of benzene rings is 1. The first-order valence-corrected chi connectivity index (χ1v) is 6.62. The van der Waals surface area contributed by atoms with Crippen LogP contribution in [-0.4, -0.2) is 31.1 Å². The molecule has 114 valence electrons. The Balaban J connectivity index is 2.64. The Hall–Kier alpha value is -2.21. The molecule has 0 atom stereocenters. The van der Waals surface area contributed by atoms with Gasteiger partial charge in [-0.15, -0.1) is 0 Å². The normalized spacial score (nSPS) is 10.6. The number of aromatic nitrogens is 2.